The average molecular weight is 462 g/mol. The van der Waals surface area contributed by atoms with E-state index < -0.39 is 60.6 Å². The van der Waals surface area contributed by atoms with Crippen molar-refractivity contribution in [1.29, 1.82) is 0 Å². The quantitative estimate of drug-likeness (QED) is 0.580. The van der Waals surface area contributed by atoms with Crippen LogP contribution in [0.25, 0.3) is 0 Å². The Morgan fingerprint density at radius 3 is 0.643 bits per heavy atom. The molecule has 0 saturated heterocycles. The summed E-state index contributed by atoms with van der Waals surface area (Å²) in [6, 6.07) is 0. The van der Waals surface area contributed by atoms with Crippen LogP contribution in [0.3, 0.4) is 0 Å². The summed E-state index contributed by atoms with van der Waals surface area (Å²) < 4.78 is 200. The molecular formula is C10H6F16O2. The maximum Gasteiger partial charge on any atom is 0.456 e. The first-order chi connectivity index (χ1) is 11.7. The van der Waals surface area contributed by atoms with Gasteiger partial charge in [0.15, 0.2) is 0 Å². The SMILES string of the molecule is OC(CCC(O)(C(F)(F)F)C(F)(F)C(F)(F)F)(C(F)(F)F)C(F)(F)C(F)(F)F. The van der Waals surface area contributed by atoms with E-state index in [0.29, 0.717) is 0 Å². The summed E-state index contributed by atoms with van der Waals surface area (Å²) >= 11 is 0. The van der Waals surface area contributed by atoms with E-state index in [-0.39, 0.29) is 0 Å². The van der Waals surface area contributed by atoms with Gasteiger partial charge in [0.1, 0.15) is 0 Å². The first kappa shape index (κ1) is 26.8. The van der Waals surface area contributed by atoms with Gasteiger partial charge in [0.25, 0.3) is 0 Å². The second-order valence-electron chi connectivity index (χ2n) is 5.36. The fourth-order valence-electron chi connectivity index (χ4n) is 1.78. The van der Waals surface area contributed by atoms with Crippen LogP contribution in [0.5, 0.6) is 0 Å². The molecule has 0 radical (unpaired) electrons. The summed E-state index contributed by atoms with van der Waals surface area (Å²) in [5, 5.41) is 17.4. The van der Waals surface area contributed by atoms with Crippen LogP contribution in [0, 0.1) is 0 Å². The van der Waals surface area contributed by atoms with Gasteiger partial charge in [0.2, 0.25) is 11.2 Å². The van der Waals surface area contributed by atoms with Crippen molar-refractivity contribution < 1.29 is 80.5 Å². The van der Waals surface area contributed by atoms with Crippen molar-refractivity contribution in [2.24, 2.45) is 0 Å². The Balaban J connectivity index is 6.46. The van der Waals surface area contributed by atoms with Gasteiger partial charge in [-0.25, -0.2) is 0 Å². The van der Waals surface area contributed by atoms with E-state index in [2.05, 4.69) is 0 Å². The van der Waals surface area contributed by atoms with Gasteiger partial charge in [-0.15, -0.1) is 0 Å². The first-order valence-electron chi connectivity index (χ1n) is 6.18. The summed E-state index contributed by atoms with van der Waals surface area (Å²) in [5.41, 5.74) is -13.2. The first-order valence-corrected chi connectivity index (χ1v) is 6.18. The predicted molar refractivity (Wildman–Crippen MR) is 53.2 cm³/mol. The van der Waals surface area contributed by atoms with Crippen molar-refractivity contribution in [3.8, 4) is 0 Å². The molecule has 2 nitrogen and oxygen atoms in total. The fourth-order valence-corrected chi connectivity index (χ4v) is 1.78. The number of hydrogen-bond acceptors (Lipinski definition) is 2. The highest BCUT2D eigenvalue weighted by atomic mass is 19.4. The molecule has 0 aromatic heterocycles. The molecule has 2 atom stereocenters. The Morgan fingerprint density at radius 1 is 0.357 bits per heavy atom. The minimum atomic E-state index is -7.35. The lowest BCUT2D eigenvalue weighted by molar-refractivity contribution is -0.421. The van der Waals surface area contributed by atoms with Crippen LogP contribution >= 0.6 is 0 Å². The average Bonchev–Trinajstić information content (AvgIpc) is 2.38. The van der Waals surface area contributed by atoms with Crippen molar-refractivity contribution in [2.75, 3.05) is 0 Å². The molecule has 0 aromatic carbocycles. The van der Waals surface area contributed by atoms with Gasteiger partial charge in [-0.1, -0.05) is 0 Å². The summed E-state index contributed by atoms with van der Waals surface area (Å²) in [6.45, 7) is 0. The zero-order valence-corrected chi connectivity index (χ0v) is 12.4. The molecule has 0 amide bonds. The van der Waals surface area contributed by atoms with Crippen LogP contribution in [0.15, 0.2) is 0 Å². The standard InChI is InChI=1S/C10H6F16O2/c11-5(12,9(21,22)23)3(27,7(15,16)17)1-2-4(28,8(18,19)20)6(13,14)10(24,25)26/h27-28H,1-2H2. The molecule has 0 bridgehead atoms. The zero-order valence-electron chi connectivity index (χ0n) is 12.4. The zero-order chi connectivity index (χ0) is 23.4. The molecule has 18 heteroatoms. The van der Waals surface area contributed by atoms with E-state index in [1.54, 1.807) is 0 Å². The smallest absolute Gasteiger partial charge is 0.376 e. The summed E-state index contributed by atoms with van der Waals surface area (Å²) in [7, 11) is 0. The Hall–Kier alpha value is -1.20. The highest BCUT2D eigenvalue weighted by Gasteiger charge is 2.82. The monoisotopic (exact) mass is 462 g/mol. The number of rotatable bonds is 5. The van der Waals surface area contributed by atoms with Gasteiger partial charge in [0.05, 0.1) is 0 Å². The molecule has 0 aliphatic rings. The van der Waals surface area contributed by atoms with Gasteiger partial charge in [-0.2, -0.15) is 70.2 Å². The van der Waals surface area contributed by atoms with Crippen LogP contribution in [-0.4, -0.2) is 58.0 Å². The van der Waals surface area contributed by atoms with Crippen LogP contribution in [0.1, 0.15) is 12.8 Å². The summed E-state index contributed by atoms with van der Waals surface area (Å²) in [6.07, 6.45) is -36.5. The highest BCUT2D eigenvalue weighted by molar-refractivity contribution is 5.08. The third-order valence-electron chi connectivity index (χ3n) is 3.54. The molecule has 0 aliphatic heterocycles. The van der Waals surface area contributed by atoms with Crippen molar-refractivity contribution in [3.63, 3.8) is 0 Å². The lowest BCUT2D eigenvalue weighted by Crippen LogP contribution is -2.68. The molecule has 0 spiro atoms. The highest BCUT2D eigenvalue weighted by Crippen LogP contribution is 2.57. The minimum absolute atomic E-state index is 3.73. The van der Waals surface area contributed by atoms with Crippen LogP contribution in [0.4, 0.5) is 70.2 Å². The number of halogens is 16. The molecule has 0 aliphatic carbocycles. The van der Waals surface area contributed by atoms with E-state index in [1.165, 1.54) is 0 Å². The Kier molecular flexibility index (Phi) is 6.38. The van der Waals surface area contributed by atoms with E-state index >= 15 is 0 Å². The summed E-state index contributed by atoms with van der Waals surface area (Å²) in [5.74, 6) is -14.7. The van der Waals surface area contributed by atoms with Crippen LogP contribution < -0.4 is 0 Å². The van der Waals surface area contributed by atoms with Crippen molar-refractivity contribution in [1.82, 2.24) is 0 Å². The molecule has 0 saturated carbocycles. The summed E-state index contributed by atoms with van der Waals surface area (Å²) in [4.78, 5) is 0. The van der Waals surface area contributed by atoms with Gasteiger partial charge in [-0.3, -0.25) is 0 Å². The molecule has 2 N–H and O–H groups in total. The Morgan fingerprint density at radius 2 is 0.536 bits per heavy atom. The molecule has 0 heterocycles. The third-order valence-corrected chi connectivity index (χ3v) is 3.54. The minimum Gasteiger partial charge on any atom is -0.376 e. The maximum absolute atomic E-state index is 13.0. The van der Waals surface area contributed by atoms with E-state index in [9.17, 15) is 70.2 Å². The molecule has 28 heavy (non-hydrogen) atoms. The van der Waals surface area contributed by atoms with E-state index in [0.717, 1.165) is 0 Å². The lowest BCUT2D eigenvalue weighted by atomic mass is 9.81. The lowest BCUT2D eigenvalue weighted by Gasteiger charge is -2.42. The van der Waals surface area contributed by atoms with Gasteiger partial charge in [-0.05, 0) is 12.8 Å². The van der Waals surface area contributed by atoms with Gasteiger partial charge >= 0.3 is 36.6 Å². The van der Waals surface area contributed by atoms with E-state index in [1.807, 2.05) is 0 Å². The molecule has 2 unspecified atom stereocenters. The van der Waals surface area contributed by atoms with Crippen molar-refractivity contribution >= 4 is 0 Å². The van der Waals surface area contributed by atoms with Crippen molar-refractivity contribution in [2.45, 2.75) is 60.6 Å². The maximum atomic E-state index is 13.0. The Labute approximate surface area is 142 Å². The normalized spacial score (nSPS) is 19.9. The topological polar surface area (TPSA) is 40.5 Å². The largest absolute Gasteiger partial charge is 0.456 e. The van der Waals surface area contributed by atoms with Gasteiger partial charge < -0.3 is 10.2 Å². The number of hydrogen-bond donors (Lipinski definition) is 2. The molecular weight excluding hydrogens is 456 g/mol. The third kappa shape index (κ3) is 3.93. The molecule has 170 valence electrons. The molecule has 0 aromatic rings. The molecule has 0 fully saturated rings. The van der Waals surface area contributed by atoms with E-state index in [4.69, 9.17) is 10.2 Å². The number of aliphatic hydroxyl groups is 2. The molecule has 0 rings (SSSR count). The second-order valence-corrected chi connectivity index (χ2v) is 5.36. The van der Waals surface area contributed by atoms with Crippen LogP contribution in [0.2, 0.25) is 0 Å². The van der Waals surface area contributed by atoms with Crippen LogP contribution in [-0.2, 0) is 0 Å². The van der Waals surface area contributed by atoms with Crippen molar-refractivity contribution in [3.05, 3.63) is 0 Å². The fraction of sp³-hybridized carbons (Fsp3) is 1.00. The second kappa shape index (κ2) is 6.66. The Bertz CT molecular complexity index is 504. The van der Waals surface area contributed by atoms with Gasteiger partial charge in [0, 0.05) is 0 Å². The predicted octanol–water partition coefficient (Wildman–Crippen LogP) is 4.75. The number of alkyl halides is 16.